The minimum absolute atomic E-state index is 0.0594. The lowest BCUT2D eigenvalue weighted by atomic mass is 10.2. The number of benzene rings is 1. The van der Waals surface area contributed by atoms with Crippen LogP contribution < -0.4 is 10.3 Å². The third-order valence-corrected chi connectivity index (χ3v) is 2.84. The standard InChI is InChI=1S/C12H11ClN2O2/c1-8-3-4-9(7-10(8)13)15-6-5-14-11(17-2)12(15)16/h3-7H,1-2H3. The van der Waals surface area contributed by atoms with Crippen molar-refractivity contribution >= 4 is 11.6 Å². The molecule has 17 heavy (non-hydrogen) atoms. The molecule has 0 saturated carbocycles. The fourth-order valence-corrected chi connectivity index (χ4v) is 1.64. The molecule has 88 valence electrons. The van der Waals surface area contributed by atoms with Crippen LogP contribution in [0, 0.1) is 6.92 Å². The second kappa shape index (κ2) is 4.59. The van der Waals surface area contributed by atoms with Crippen LogP contribution in [-0.2, 0) is 0 Å². The van der Waals surface area contributed by atoms with Crippen molar-refractivity contribution in [1.82, 2.24) is 9.55 Å². The van der Waals surface area contributed by atoms with Crippen molar-refractivity contribution < 1.29 is 4.74 Å². The first-order chi connectivity index (χ1) is 8.13. The topological polar surface area (TPSA) is 44.1 Å². The summed E-state index contributed by atoms with van der Waals surface area (Å²) in [5.74, 6) is 0.0594. The summed E-state index contributed by atoms with van der Waals surface area (Å²) in [5, 5.41) is 0.616. The largest absolute Gasteiger partial charge is 0.477 e. The fraction of sp³-hybridized carbons (Fsp3) is 0.167. The molecule has 2 rings (SSSR count). The van der Waals surface area contributed by atoms with Gasteiger partial charge in [0.2, 0.25) is 0 Å². The van der Waals surface area contributed by atoms with Crippen LogP contribution in [-0.4, -0.2) is 16.7 Å². The first kappa shape index (κ1) is 11.7. The Bertz CT molecular complexity index is 608. The predicted octanol–water partition coefficient (Wildman–Crippen LogP) is 2.20. The molecule has 4 nitrogen and oxygen atoms in total. The van der Waals surface area contributed by atoms with Gasteiger partial charge in [-0.3, -0.25) is 9.36 Å². The highest BCUT2D eigenvalue weighted by atomic mass is 35.5. The third kappa shape index (κ3) is 2.17. The van der Waals surface area contributed by atoms with E-state index in [0.29, 0.717) is 10.7 Å². The van der Waals surface area contributed by atoms with E-state index in [9.17, 15) is 4.79 Å². The normalized spacial score (nSPS) is 10.3. The molecule has 0 saturated heterocycles. The van der Waals surface area contributed by atoms with Gasteiger partial charge in [0.25, 0.3) is 5.88 Å². The van der Waals surface area contributed by atoms with Crippen LogP contribution in [0.2, 0.25) is 5.02 Å². The van der Waals surface area contributed by atoms with Crippen molar-refractivity contribution in [3.63, 3.8) is 0 Å². The average molecular weight is 251 g/mol. The Morgan fingerprint density at radius 1 is 1.41 bits per heavy atom. The maximum atomic E-state index is 11.9. The maximum Gasteiger partial charge on any atom is 0.317 e. The van der Waals surface area contributed by atoms with Gasteiger partial charge in [0.05, 0.1) is 12.8 Å². The zero-order valence-electron chi connectivity index (χ0n) is 9.48. The molecule has 0 bridgehead atoms. The molecule has 0 fully saturated rings. The van der Waals surface area contributed by atoms with Crippen molar-refractivity contribution in [2.24, 2.45) is 0 Å². The Kier molecular flexibility index (Phi) is 3.15. The molecule has 0 radical (unpaired) electrons. The number of ether oxygens (including phenoxy) is 1. The van der Waals surface area contributed by atoms with Gasteiger partial charge in [0, 0.05) is 17.4 Å². The zero-order valence-corrected chi connectivity index (χ0v) is 10.2. The highest BCUT2D eigenvalue weighted by Gasteiger charge is 2.07. The zero-order chi connectivity index (χ0) is 12.4. The van der Waals surface area contributed by atoms with Gasteiger partial charge < -0.3 is 4.74 Å². The van der Waals surface area contributed by atoms with Crippen LogP contribution >= 0.6 is 11.6 Å². The number of hydrogen-bond donors (Lipinski definition) is 0. The number of halogens is 1. The van der Waals surface area contributed by atoms with E-state index in [-0.39, 0.29) is 11.4 Å². The molecule has 0 unspecified atom stereocenters. The summed E-state index contributed by atoms with van der Waals surface area (Å²) in [4.78, 5) is 15.8. The summed E-state index contributed by atoms with van der Waals surface area (Å²) in [7, 11) is 1.41. The molecule has 1 aromatic carbocycles. The molecule has 1 heterocycles. The van der Waals surface area contributed by atoms with E-state index in [1.807, 2.05) is 19.1 Å². The van der Waals surface area contributed by atoms with Crippen LogP contribution in [0.4, 0.5) is 0 Å². The highest BCUT2D eigenvalue weighted by Crippen LogP contribution is 2.18. The van der Waals surface area contributed by atoms with Crippen LogP contribution in [0.3, 0.4) is 0 Å². The smallest absolute Gasteiger partial charge is 0.317 e. The Hall–Kier alpha value is -1.81. The molecule has 0 spiro atoms. The van der Waals surface area contributed by atoms with Gasteiger partial charge in [-0.1, -0.05) is 17.7 Å². The number of rotatable bonds is 2. The SMILES string of the molecule is COc1nccn(-c2ccc(C)c(Cl)c2)c1=O. The van der Waals surface area contributed by atoms with E-state index in [1.165, 1.54) is 17.9 Å². The molecule has 0 aliphatic carbocycles. The van der Waals surface area contributed by atoms with Gasteiger partial charge in [-0.05, 0) is 24.6 Å². The molecule has 0 N–H and O–H groups in total. The summed E-state index contributed by atoms with van der Waals surface area (Å²) in [6.07, 6.45) is 3.08. The van der Waals surface area contributed by atoms with E-state index < -0.39 is 0 Å². The lowest BCUT2D eigenvalue weighted by molar-refractivity contribution is 0.388. The molecule has 0 atom stereocenters. The van der Waals surface area contributed by atoms with E-state index in [4.69, 9.17) is 16.3 Å². The summed E-state index contributed by atoms with van der Waals surface area (Å²) < 4.78 is 6.33. The predicted molar refractivity (Wildman–Crippen MR) is 66.1 cm³/mol. The van der Waals surface area contributed by atoms with Crippen molar-refractivity contribution in [1.29, 1.82) is 0 Å². The summed E-state index contributed by atoms with van der Waals surface area (Å²) in [6, 6.07) is 5.41. The Labute approximate surface area is 103 Å². The lowest BCUT2D eigenvalue weighted by Gasteiger charge is -2.08. The molecular formula is C12H11ClN2O2. The second-order valence-corrected chi connectivity index (χ2v) is 3.95. The average Bonchev–Trinajstić information content (AvgIpc) is 2.33. The van der Waals surface area contributed by atoms with Crippen molar-refractivity contribution in [2.75, 3.05) is 7.11 Å². The number of nitrogens with zero attached hydrogens (tertiary/aromatic N) is 2. The summed E-state index contributed by atoms with van der Waals surface area (Å²) in [6.45, 7) is 1.90. The lowest BCUT2D eigenvalue weighted by Crippen LogP contribution is -2.20. The maximum absolute atomic E-state index is 11.9. The second-order valence-electron chi connectivity index (χ2n) is 3.55. The van der Waals surface area contributed by atoms with Crippen molar-refractivity contribution in [3.05, 3.63) is 51.5 Å². The van der Waals surface area contributed by atoms with E-state index >= 15 is 0 Å². The van der Waals surface area contributed by atoms with Gasteiger partial charge >= 0.3 is 5.56 Å². The van der Waals surface area contributed by atoms with Gasteiger partial charge in [-0.2, -0.15) is 0 Å². The Morgan fingerprint density at radius 2 is 2.18 bits per heavy atom. The molecule has 5 heteroatoms. The molecular weight excluding hydrogens is 240 g/mol. The fourth-order valence-electron chi connectivity index (χ4n) is 1.47. The monoisotopic (exact) mass is 250 g/mol. The van der Waals surface area contributed by atoms with Crippen molar-refractivity contribution in [2.45, 2.75) is 6.92 Å². The molecule has 0 amide bonds. The Balaban J connectivity index is 2.61. The van der Waals surface area contributed by atoms with Gasteiger partial charge in [0.15, 0.2) is 0 Å². The van der Waals surface area contributed by atoms with Crippen LogP contribution in [0.1, 0.15) is 5.56 Å². The van der Waals surface area contributed by atoms with Crippen molar-refractivity contribution in [3.8, 4) is 11.6 Å². The first-order valence-corrected chi connectivity index (χ1v) is 5.39. The first-order valence-electron chi connectivity index (χ1n) is 5.01. The summed E-state index contributed by atoms with van der Waals surface area (Å²) >= 11 is 6.03. The van der Waals surface area contributed by atoms with E-state index in [1.54, 1.807) is 12.3 Å². The minimum atomic E-state index is -0.310. The number of hydrogen-bond acceptors (Lipinski definition) is 3. The molecule has 2 aromatic rings. The van der Waals surface area contributed by atoms with Gasteiger partial charge in [-0.15, -0.1) is 0 Å². The molecule has 0 aliphatic rings. The van der Waals surface area contributed by atoms with Crippen LogP contribution in [0.25, 0.3) is 5.69 Å². The number of aryl methyl sites for hydroxylation is 1. The van der Waals surface area contributed by atoms with Crippen LogP contribution in [0.15, 0.2) is 35.4 Å². The number of aromatic nitrogens is 2. The van der Waals surface area contributed by atoms with E-state index in [0.717, 1.165) is 5.56 Å². The number of methoxy groups -OCH3 is 1. The molecule has 1 aromatic heterocycles. The van der Waals surface area contributed by atoms with Gasteiger partial charge in [-0.25, -0.2) is 4.98 Å². The minimum Gasteiger partial charge on any atom is -0.477 e. The summed E-state index contributed by atoms with van der Waals surface area (Å²) in [5.41, 5.74) is 1.34. The quantitative estimate of drug-likeness (QED) is 0.821. The molecule has 0 aliphatic heterocycles. The highest BCUT2D eigenvalue weighted by molar-refractivity contribution is 6.31. The van der Waals surface area contributed by atoms with Crippen LogP contribution in [0.5, 0.6) is 5.88 Å². The van der Waals surface area contributed by atoms with Gasteiger partial charge in [0.1, 0.15) is 0 Å². The third-order valence-electron chi connectivity index (χ3n) is 2.44. The Morgan fingerprint density at radius 3 is 2.82 bits per heavy atom. The van der Waals surface area contributed by atoms with E-state index in [2.05, 4.69) is 4.98 Å².